The number of hydrogen-bond acceptors (Lipinski definition) is 8. The number of hydrogen-bond donors (Lipinski definition) is 1. The molecule has 0 saturated carbocycles. The third kappa shape index (κ3) is 5.91. The molecule has 1 aliphatic heterocycles. The van der Waals surface area contributed by atoms with Crippen LogP contribution in [0, 0.1) is 0 Å². The van der Waals surface area contributed by atoms with Crippen molar-refractivity contribution in [2.75, 3.05) is 5.88 Å². The van der Waals surface area contributed by atoms with E-state index in [4.69, 9.17) is 30.5 Å². The normalized spacial score (nSPS) is 23.3. The highest BCUT2D eigenvalue weighted by atomic mass is 35.5. The van der Waals surface area contributed by atoms with E-state index in [1.165, 1.54) is 24.3 Å². The lowest BCUT2D eigenvalue weighted by Gasteiger charge is -2.42. The Bertz CT molecular complexity index is 1170. The molecule has 4 rings (SSSR count). The van der Waals surface area contributed by atoms with Crippen molar-refractivity contribution in [1.82, 2.24) is 0 Å². The van der Waals surface area contributed by atoms with Gasteiger partial charge in [0.15, 0.2) is 24.6 Å². The van der Waals surface area contributed by atoms with E-state index < -0.39 is 48.6 Å². The summed E-state index contributed by atoms with van der Waals surface area (Å²) in [7, 11) is 0. The van der Waals surface area contributed by atoms with Gasteiger partial charge in [0.25, 0.3) is 0 Å². The molecule has 0 unspecified atom stereocenters. The number of carbonyl (C=O) groups excluding carboxylic acids is 3. The predicted octanol–water partition coefficient (Wildman–Crippen LogP) is 3.62. The molecule has 3 aromatic rings. The summed E-state index contributed by atoms with van der Waals surface area (Å²) < 4.78 is 22.4. The Kier molecular flexibility index (Phi) is 8.32. The number of esters is 3. The Labute approximate surface area is 212 Å². The molecule has 0 radical (unpaired) electrons. The van der Waals surface area contributed by atoms with Gasteiger partial charge in [-0.15, -0.1) is 11.6 Å². The van der Waals surface area contributed by atoms with E-state index in [1.807, 2.05) is 0 Å². The molecule has 9 heteroatoms. The lowest BCUT2D eigenvalue weighted by atomic mass is 9.98. The molecule has 0 aromatic heterocycles. The van der Waals surface area contributed by atoms with E-state index in [0.717, 1.165) is 0 Å². The van der Waals surface area contributed by atoms with Crippen LogP contribution in [0.3, 0.4) is 0 Å². The summed E-state index contributed by atoms with van der Waals surface area (Å²) in [5, 5.41) is 10.7. The second-order valence-electron chi connectivity index (χ2n) is 7.93. The average molecular weight is 511 g/mol. The maximum absolute atomic E-state index is 13.0. The molecule has 1 N–H and O–H groups in total. The largest absolute Gasteiger partial charge is 0.452 e. The van der Waals surface area contributed by atoms with E-state index in [9.17, 15) is 19.5 Å². The molecular formula is C27H23ClO8. The molecule has 8 nitrogen and oxygen atoms in total. The zero-order valence-electron chi connectivity index (χ0n) is 18.9. The number of ether oxygens (including phenoxy) is 4. The molecule has 0 bridgehead atoms. The van der Waals surface area contributed by atoms with E-state index in [1.54, 1.807) is 66.7 Å². The smallest absolute Gasteiger partial charge is 0.338 e. The standard InChI is InChI=1S/C27H23ClO8/c28-16-20-21(34-24(29)17-10-4-1-5-11-17)22(35-25(30)18-12-6-2-7-13-18)23(27(32)33-20)36-26(31)19-14-8-3-9-15-19/h1-15,20-23,27,32H,16H2/t20-,21-,22+,23-,27+/m1/s1. The Morgan fingerprint density at radius 3 is 1.39 bits per heavy atom. The van der Waals surface area contributed by atoms with Gasteiger partial charge in [-0.1, -0.05) is 54.6 Å². The molecular weight excluding hydrogens is 488 g/mol. The maximum Gasteiger partial charge on any atom is 0.338 e. The van der Waals surface area contributed by atoms with Crippen LogP contribution in [0.15, 0.2) is 91.0 Å². The van der Waals surface area contributed by atoms with Crippen LogP contribution in [-0.4, -0.2) is 59.6 Å². The first-order valence-corrected chi connectivity index (χ1v) is 11.7. The summed E-state index contributed by atoms with van der Waals surface area (Å²) >= 11 is 6.06. The number of carbonyl (C=O) groups is 3. The van der Waals surface area contributed by atoms with Crippen molar-refractivity contribution < 1.29 is 38.4 Å². The Morgan fingerprint density at radius 2 is 1.00 bits per heavy atom. The zero-order valence-corrected chi connectivity index (χ0v) is 19.7. The molecule has 186 valence electrons. The molecule has 1 heterocycles. The van der Waals surface area contributed by atoms with Gasteiger partial charge in [-0.05, 0) is 36.4 Å². The SMILES string of the molecule is O=C(O[C@@H]1[C@@H](OC(=O)c2ccccc2)[C@@H](O)O[C@H](CCl)[C@H]1OC(=O)c1ccccc1)c1ccccc1. The predicted molar refractivity (Wildman–Crippen MR) is 129 cm³/mol. The van der Waals surface area contributed by atoms with Gasteiger partial charge in [-0.25, -0.2) is 14.4 Å². The van der Waals surface area contributed by atoms with E-state index in [2.05, 4.69) is 0 Å². The van der Waals surface area contributed by atoms with Gasteiger partial charge < -0.3 is 24.1 Å². The second-order valence-corrected chi connectivity index (χ2v) is 8.24. The van der Waals surface area contributed by atoms with Crippen LogP contribution in [0.5, 0.6) is 0 Å². The lowest BCUT2D eigenvalue weighted by molar-refractivity contribution is -0.274. The van der Waals surface area contributed by atoms with Gasteiger partial charge in [0, 0.05) is 0 Å². The number of aliphatic hydroxyl groups excluding tert-OH is 1. The molecule has 36 heavy (non-hydrogen) atoms. The number of halogens is 1. The molecule has 0 spiro atoms. The number of aliphatic hydroxyl groups is 1. The van der Waals surface area contributed by atoms with Crippen molar-refractivity contribution in [3.05, 3.63) is 108 Å². The summed E-state index contributed by atoms with van der Waals surface area (Å²) in [6, 6.07) is 24.3. The summed E-state index contributed by atoms with van der Waals surface area (Å²) in [6.07, 6.45) is -7.00. The quantitative estimate of drug-likeness (QED) is 0.292. The first-order valence-electron chi connectivity index (χ1n) is 11.2. The zero-order chi connectivity index (χ0) is 25.5. The Balaban J connectivity index is 1.66. The molecule has 0 aliphatic carbocycles. The minimum absolute atomic E-state index is 0.204. The fraction of sp³-hybridized carbons (Fsp3) is 0.222. The lowest BCUT2D eigenvalue weighted by Crippen LogP contribution is -2.62. The summed E-state index contributed by atoms with van der Waals surface area (Å²) in [4.78, 5) is 38.6. The van der Waals surface area contributed by atoms with Gasteiger partial charge in [0.1, 0.15) is 6.10 Å². The maximum atomic E-state index is 13.0. The van der Waals surface area contributed by atoms with Crippen molar-refractivity contribution >= 4 is 29.5 Å². The Morgan fingerprint density at radius 1 is 0.639 bits per heavy atom. The molecule has 3 aromatic carbocycles. The van der Waals surface area contributed by atoms with E-state index in [0.29, 0.717) is 0 Å². The second kappa shape index (κ2) is 11.8. The van der Waals surface area contributed by atoms with E-state index in [-0.39, 0.29) is 22.6 Å². The first kappa shape index (κ1) is 25.4. The van der Waals surface area contributed by atoms with Crippen LogP contribution < -0.4 is 0 Å². The minimum Gasteiger partial charge on any atom is -0.452 e. The van der Waals surface area contributed by atoms with Crippen LogP contribution in [0.4, 0.5) is 0 Å². The highest BCUT2D eigenvalue weighted by Crippen LogP contribution is 2.30. The van der Waals surface area contributed by atoms with Crippen molar-refractivity contribution in [2.45, 2.75) is 30.7 Å². The average Bonchev–Trinajstić information content (AvgIpc) is 2.93. The highest BCUT2D eigenvalue weighted by Gasteiger charge is 2.52. The number of benzene rings is 3. The van der Waals surface area contributed by atoms with Crippen LogP contribution in [0.2, 0.25) is 0 Å². The molecule has 1 saturated heterocycles. The number of rotatable bonds is 7. The molecule has 1 aliphatic rings. The van der Waals surface area contributed by atoms with E-state index >= 15 is 0 Å². The molecule has 5 atom stereocenters. The van der Waals surface area contributed by atoms with Crippen molar-refractivity contribution in [3.63, 3.8) is 0 Å². The van der Waals surface area contributed by atoms with Gasteiger partial charge in [-0.2, -0.15) is 0 Å². The third-order valence-electron chi connectivity index (χ3n) is 5.52. The van der Waals surface area contributed by atoms with Crippen LogP contribution in [0.1, 0.15) is 31.1 Å². The topological polar surface area (TPSA) is 108 Å². The van der Waals surface area contributed by atoms with Gasteiger partial charge in [0.05, 0.1) is 22.6 Å². The third-order valence-corrected chi connectivity index (χ3v) is 5.82. The highest BCUT2D eigenvalue weighted by molar-refractivity contribution is 6.18. The van der Waals surface area contributed by atoms with Crippen LogP contribution in [-0.2, 0) is 18.9 Å². The monoisotopic (exact) mass is 510 g/mol. The van der Waals surface area contributed by atoms with Crippen molar-refractivity contribution in [1.29, 1.82) is 0 Å². The minimum atomic E-state index is -1.71. The van der Waals surface area contributed by atoms with Gasteiger partial charge in [0.2, 0.25) is 0 Å². The van der Waals surface area contributed by atoms with Crippen LogP contribution >= 0.6 is 11.6 Å². The fourth-order valence-electron chi connectivity index (χ4n) is 3.72. The number of alkyl halides is 1. The summed E-state index contributed by atoms with van der Waals surface area (Å²) in [5.41, 5.74) is 0.653. The van der Waals surface area contributed by atoms with Crippen molar-refractivity contribution in [3.8, 4) is 0 Å². The van der Waals surface area contributed by atoms with Gasteiger partial charge in [-0.3, -0.25) is 0 Å². The van der Waals surface area contributed by atoms with Crippen LogP contribution in [0.25, 0.3) is 0 Å². The molecule has 1 fully saturated rings. The first-order chi connectivity index (χ1) is 17.5. The fourth-order valence-corrected chi connectivity index (χ4v) is 3.97. The van der Waals surface area contributed by atoms with Crippen molar-refractivity contribution in [2.24, 2.45) is 0 Å². The summed E-state index contributed by atoms with van der Waals surface area (Å²) in [5.74, 6) is -2.50. The Hall–Kier alpha value is -3.72. The summed E-state index contributed by atoms with van der Waals surface area (Å²) in [6.45, 7) is 0. The molecule has 0 amide bonds. The van der Waals surface area contributed by atoms with Gasteiger partial charge >= 0.3 is 17.9 Å².